The van der Waals surface area contributed by atoms with E-state index in [9.17, 15) is 10.1 Å². The van der Waals surface area contributed by atoms with Gasteiger partial charge in [0.05, 0.1) is 16.8 Å². The van der Waals surface area contributed by atoms with Crippen LogP contribution in [0.4, 0.5) is 5.69 Å². The molecule has 1 heterocycles. The molecule has 0 spiro atoms. The van der Waals surface area contributed by atoms with E-state index < -0.39 is 0 Å². The molecular formula is C25H19N3OS. The number of pyridine rings is 1. The molecule has 0 aliphatic heterocycles. The predicted molar refractivity (Wildman–Crippen MR) is 121 cm³/mol. The summed E-state index contributed by atoms with van der Waals surface area (Å²) < 4.78 is 0. The van der Waals surface area contributed by atoms with Crippen LogP contribution in [-0.2, 0) is 0 Å². The molecule has 146 valence electrons. The zero-order valence-electron chi connectivity index (χ0n) is 16.6. The summed E-state index contributed by atoms with van der Waals surface area (Å²) in [7, 11) is 0. The monoisotopic (exact) mass is 409 g/mol. The molecule has 3 aromatic carbocycles. The van der Waals surface area contributed by atoms with Crippen LogP contribution in [0.1, 0.15) is 27.0 Å². The molecule has 0 atom stereocenters. The molecule has 1 aromatic heterocycles. The van der Waals surface area contributed by atoms with Gasteiger partial charge in [0.2, 0.25) is 0 Å². The van der Waals surface area contributed by atoms with Crippen molar-refractivity contribution in [2.45, 2.75) is 23.8 Å². The highest BCUT2D eigenvalue weighted by Crippen LogP contribution is 2.37. The first-order valence-electron chi connectivity index (χ1n) is 9.51. The van der Waals surface area contributed by atoms with Crippen molar-refractivity contribution < 1.29 is 4.79 Å². The number of amides is 1. The van der Waals surface area contributed by atoms with Gasteiger partial charge in [-0.3, -0.25) is 4.79 Å². The highest BCUT2D eigenvalue weighted by molar-refractivity contribution is 7.99. The molecule has 0 aliphatic carbocycles. The van der Waals surface area contributed by atoms with Gasteiger partial charge in [-0.1, -0.05) is 59.8 Å². The Bertz CT molecular complexity index is 1290. The second kappa shape index (κ2) is 8.40. The molecule has 0 saturated heterocycles. The van der Waals surface area contributed by atoms with Crippen LogP contribution < -0.4 is 5.32 Å². The summed E-state index contributed by atoms with van der Waals surface area (Å²) in [5.74, 6) is -0.175. The summed E-state index contributed by atoms with van der Waals surface area (Å²) in [4.78, 5) is 18.2. The van der Waals surface area contributed by atoms with E-state index in [1.807, 2.05) is 86.6 Å². The Morgan fingerprint density at radius 1 is 0.967 bits per heavy atom. The van der Waals surface area contributed by atoms with Gasteiger partial charge in [-0.15, -0.1) is 0 Å². The van der Waals surface area contributed by atoms with E-state index in [1.165, 1.54) is 11.8 Å². The highest BCUT2D eigenvalue weighted by atomic mass is 32.2. The Morgan fingerprint density at radius 2 is 1.67 bits per heavy atom. The Balaban J connectivity index is 1.69. The molecule has 30 heavy (non-hydrogen) atoms. The lowest BCUT2D eigenvalue weighted by atomic mass is 10.1. The lowest BCUT2D eigenvalue weighted by molar-refractivity contribution is 0.102. The third kappa shape index (κ3) is 3.91. The molecule has 1 amide bonds. The lowest BCUT2D eigenvalue weighted by Gasteiger charge is -2.13. The minimum atomic E-state index is -0.175. The first-order valence-corrected chi connectivity index (χ1v) is 10.3. The Kier molecular flexibility index (Phi) is 5.51. The van der Waals surface area contributed by atoms with Crippen molar-refractivity contribution in [2.75, 3.05) is 5.32 Å². The molecule has 0 radical (unpaired) electrons. The number of fused-ring (bicyclic) bond motifs is 1. The number of aromatic nitrogens is 1. The van der Waals surface area contributed by atoms with Crippen LogP contribution >= 0.6 is 11.8 Å². The van der Waals surface area contributed by atoms with Gasteiger partial charge in [0, 0.05) is 15.8 Å². The topological polar surface area (TPSA) is 65.8 Å². The van der Waals surface area contributed by atoms with Crippen molar-refractivity contribution >= 4 is 34.3 Å². The average Bonchev–Trinajstić information content (AvgIpc) is 2.76. The van der Waals surface area contributed by atoms with E-state index in [0.29, 0.717) is 21.8 Å². The molecule has 0 bridgehead atoms. The minimum Gasteiger partial charge on any atom is -0.321 e. The van der Waals surface area contributed by atoms with Gasteiger partial charge in [0.25, 0.3) is 5.91 Å². The van der Waals surface area contributed by atoms with Crippen molar-refractivity contribution in [1.29, 1.82) is 5.26 Å². The van der Waals surface area contributed by atoms with E-state index in [4.69, 9.17) is 4.98 Å². The van der Waals surface area contributed by atoms with Crippen LogP contribution in [0, 0.1) is 25.2 Å². The van der Waals surface area contributed by atoms with Crippen LogP contribution in [-0.4, -0.2) is 10.9 Å². The first kappa shape index (κ1) is 19.7. The molecule has 0 fully saturated rings. The minimum absolute atomic E-state index is 0.175. The fourth-order valence-corrected chi connectivity index (χ4v) is 4.25. The SMILES string of the molecule is Cc1ccc(C(=O)Nc2ccccc2Sc2nc3ccccc3c(C)c2C#N)cc1. The summed E-state index contributed by atoms with van der Waals surface area (Å²) in [5.41, 5.74) is 4.69. The van der Waals surface area contributed by atoms with Gasteiger partial charge >= 0.3 is 0 Å². The van der Waals surface area contributed by atoms with Crippen LogP contribution in [0.2, 0.25) is 0 Å². The number of hydrogen-bond donors (Lipinski definition) is 1. The molecular weight excluding hydrogens is 390 g/mol. The van der Waals surface area contributed by atoms with Crippen LogP contribution in [0.3, 0.4) is 0 Å². The second-order valence-corrected chi connectivity index (χ2v) is 7.99. The van der Waals surface area contributed by atoms with E-state index in [-0.39, 0.29) is 5.91 Å². The molecule has 1 N–H and O–H groups in total. The molecule has 4 aromatic rings. The molecule has 4 nitrogen and oxygen atoms in total. The van der Waals surface area contributed by atoms with E-state index in [0.717, 1.165) is 26.9 Å². The van der Waals surface area contributed by atoms with Gasteiger partial charge in [0.15, 0.2) is 0 Å². The number of rotatable bonds is 4. The van der Waals surface area contributed by atoms with Crippen LogP contribution in [0.5, 0.6) is 0 Å². The fraction of sp³-hybridized carbons (Fsp3) is 0.0800. The van der Waals surface area contributed by atoms with Crippen molar-refractivity contribution in [2.24, 2.45) is 0 Å². The number of nitriles is 1. The van der Waals surface area contributed by atoms with E-state index in [2.05, 4.69) is 11.4 Å². The second-order valence-electron chi connectivity index (χ2n) is 6.96. The number of aryl methyl sites for hydroxylation is 2. The molecule has 0 saturated carbocycles. The first-order chi connectivity index (χ1) is 14.6. The van der Waals surface area contributed by atoms with Gasteiger partial charge in [-0.2, -0.15) is 5.26 Å². The molecule has 0 unspecified atom stereocenters. The zero-order valence-corrected chi connectivity index (χ0v) is 17.5. The van der Waals surface area contributed by atoms with Crippen LogP contribution in [0.25, 0.3) is 10.9 Å². The number of hydrogen-bond acceptors (Lipinski definition) is 4. The fourth-order valence-electron chi connectivity index (χ4n) is 3.22. The zero-order chi connectivity index (χ0) is 21.1. The summed E-state index contributed by atoms with van der Waals surface area (Å²) in [5, 5.41) is 14.3. The largest absolute Gasteiger partial charge is 0.321 e. The number of nitrogens with zero attached hydrogens (tertiary/aromatic N) is 2. The summed E-state index contributed by atoms with van der Waals surface area (Å²) in [6.45, 7) is 3.93. The lowest BCUT2D eigenvalue weighted by Crippen LogP contribution is -2.12. The Hall–Kier alpha value is -3.62. The normalized spacial score (nSPS) is 10.6. The summed E-state index contributed by atoms with van der Waals surface area (Å²) in [6, 6.07) is 25.1. The number of para-hydroxylation sites is 2. The van der Waals surface area contributed by atoms with E-state index >= 15 is 0 Å². The van der Waals surface area contributed by atoms with Crippen molar-refractivity contribution in [3.05, 3.63) is 95.1 Å². The average molecular weight is 410 g/mol. The molecule has 4 rings (SSSR count). The summed E-state index contributed by atoms with van der Waals surface area (Å²) >= 11 is 1.39. The van der Waals surface area contributed by atoms with Gasteiger partial charge in [-0.25, -0.2) is 4.98 Å². The standard InChI is InChI=1S/C25H19N3OS/c1-16-11-13-18(14-12-16)24(29)27-22-9-5-6-10-23(22)30-25-20(15-26)17(2)19-7-3-4-8-21(19)28-25/h3-14H,1-2H3,(H,27,29). The molecule has 0 aliphatic rings. The number of nitrogens with one attached hydrogen (secondary N) is 1. The smallest absolute Gasteiger partial charge is 0.255 e. The quantitative estimate of drug-likeness (QED) is 0.440. The third-order valence-corrected chi connectivity index (χ3v) is 5.95. The predicted octanol–water partition coefficient (Wildman–Crippen LogP) is 6.13. The number of carbonyl (C=O) groups is 1. The summed E-state index contributed by atoms with van der Waals surface area (Å²) in [6.07, 6.45) is 0. The number of benzene rings is 3. The van der Waals surface area contributed by atoms with E-state index in [1.54, 1.807) is 0 Å². The Labute approximate surface area is 179 Å². The maximum Gasteiger partial charge on any atom is 0.255 e. The van der Waals surface area contributed by atoms with Gasteiger partial charge in [-0.05, 0) is 49.7 Å². The molecule has 5 heteroatoms. The van der Waals surface area contributed by atoms with Gasteiger partial charge in [0.1, 0.15) is 11.1 Å². The highest BCUT2D eigenvalue weighted by Gasteiger charge is 2.16. The Morgan fingerprint density at radius 3 is 2.43 bits per heavy atom. The van der Waals surface area contributed by atoms with Crippen molar-refractivity contribution in [3.63, 3.8) is 0 Å². The van der Waals surface area contributed by atoms with Gasteiger partial charge < -0.3 is 5.32 Å². The van der Waals surface area contributed by atoms with Crippen LogP contribution in [0.15, 0.2) is 82.7 Å². The number of carbonyl (C=O) groups excluding carboxylic acids is 1. The maximum absolute atomic E-state index is 12.7. The number of anilines is 1. The maximum atomic E-state index is 12.7. The third-order valence-electron chi connectivity index (χ3n) is 4.89. The van der Waals surface area contributed by atoms with Crippen molar-refractivity contribution in [3.8, 4) is 6.07 Å². The van der Waals surface area contributed by atoms with Crippen molar-refractivity contribution in [1.82, 2.24) is 4.98 Å².